The lowest BCUT2D eigenvalue weighted by Crippen LogP contribution is -2.15. The highest BCUT2D eigenvalue weighted by Crippen LogP contribution is 2.31. The molecule has 2 fully saturated rings. The van der Waals surface area contributed by atoms with Crippen LogP contribution >= 0.6 is 0 Å². The summed E-state index contributed by atoms with van der Waals surface area (Å²) in [5.74, 6) is 0.973. The lowest BCUT2D eigenvalue weighted by Gasteiger charge is -2.09. The summed E-state index contributed by atoms with van der Waals surface area (Å²) < 4.78 is 16.7. The molecular formula is C19H22N2O4. The zero-order valence-corrected chi connectivity index (χ0v) is 14.1. The van der Waals surface area contributed by atoms with E-state index in [2.05, 4.69) is 10.3 Å². The molecule has 0 radical (unpaired) electrons. The zero-order chi connectivity index (χ0) is 17.1. The van der Waals surface area contributed by atoms with Crippen LogP contribution in [0.25, 0.3) is 0 Å². The third-order valence-electron chi connectivity index (χ3n) is 4.54. The summed E-state index contributed by atoms with van der Waals surface area (Å²) in [4.78, 5) is 16.6. The molecule has 1 saturated heterocycles. The smallest absolute Gasteiger partial charge is 0.278 e. The number of rotatable bonds is 7. The molecule has 132 valence electrons. The molecule has 0 bridgehead atoms. The molecule has 25 heavy (non-hydrogen) atoms. The van der Waals surface area contributed by atoms with E-state index in [1.54, 1.807) is 0 Å². The predicted octanol–water partition coefficient (Wildman–Crippen LogP) is 3.71. The van der Waals surface area contributed by atoms with Gasteiger partial charge >= 0.3 is 0 Å². The fraction of sp³-hybridized carbons (Fsp3) is 0.474. The molecule has 1 aromatic carbocycles. The summed E-state index contributed by atoms with van der Waals surface area (Å²) in [6.07, 6.45) is 5.50. The molecule has 4 rings (SSSR count). The molecule has 6 heteroatoms. The third kappa shape index (κ3) is 4.08. The molecule has 1 saturated carbocycles. The molecule has 2 aliphatic rings. The van der Waals surface area contributed by atoms with Crippen LogP contribution in [0.4, 0.5) is 5.69 Å². The Kier molecular flexibility index (Phi) is 4.81. The number of benzene rings is 1. The highest BCUT2D eigenvalue weighted by Gasteiger charge is 2.28. The maximum Gasteiger partial charge on any atom is 0.278 e. The molecule has 2 aromatic rings. The van der Waals surface area contributed by atoms with Crippen molar-refractivity contribution in [1.82, 2.24) is 4.98 Å². The normalized spacial score (nSPS) is 19.9. The van der Waals surface area contributed by atoms with Crippen molar-refractivity contribution >= 4 is 11.6 Å². The van der Waals surface area contributed by atoms with E-state index < -0.39 is 0 Å². The van der Waals surface area contributed by atoms with Crippen molar-refractivity contribution in [1.29, 1.82) is 0 Å². The van der Waals surface area contributed by atoms with Gasteiger partial charge in [-0.2, -0.15) is 0 Å². The van der Waals surface area contributed by atoms with Crippen LogP contribution in [0.5, 0.6) is 0 Å². The van der Waals surface area contributed by atoms with Crippen molar-refractivity contribution < 1.29 is 18.7 Å². The Morgan fingerprint density at radius 2 is 2.24 bits per heavy atom. The first-order valence-electron chi connectivity index (χ1n) is 8.82. The maximum atomic E-state index is 12.6. The van der Waals surface area contributed by atoms with Gasteiger partial charge in [0.2, 0.25) is 0 Å². The minimum Gasteiger partial charge on any atom is -0.445 e. The fourth-order valence-electron chi connectivity index (χ4n) is 3.00. The SMILES string of the molecule is O=C(Nc1cccc(COCC2CC2)c1)c1ncoc1C1CCCO1. The van der Waals surface area contributed by atoms with Gasteiger partial charge in [-0.05, 0) is 49.3 Å². The van der Waals surface area contributed by atoms with Gasteiger partial charge in [0.25, 0.3) is 5.91 Å². The number of anilines is 1. The molecule has 1 N–H and O–H groups in total. The third-order valence-corrected chi connectivity index (χ3v) is 4.54. The summed E-state index contributed by atoms with van der Waals surface area (Å²) in [6, 6.07) is 7.69. The minimum atomic E-state index is -0.282. The van der Waals surface area contributed by atoms with E-state index in [1.165, 1.54) is 19.2 Å². The van der Waals surface area contributed by atoms with Gasteiger partial charge in [-0.1, -0.05) is 12.1 Å². The standard InChI is InChI=1S/C19H22N2O4/c22-19(17-18(25-12-20-17)16-5-2-8-24-16)21-15-4-1-3-14(9-15)11-23-10-13-6-7-13/h1,3-4,9,12-13,16H,2,5-8,10-11H2,(H,21,22). The Balaban J connectivity index is 1.39. The lowest BCUT2D eigenvalue weighted by molar-refractivity contribution is 0.0889. The van der Waals surface area contributed by atoms with E-state index >= 15 is 0 Å². The van der Waals surface area contributed by atoms with E-state index in [-0.39, 0.29) is 12.0 Å². The summed E-state index contributed by atoms with van der Waals surface area (Å²) in [5.41, 5.74) is 2.05. The quantitative estimate of drug-likeness (QED) is 0.830. The van der Waals surface area contributed by atoms with Gasteiger partial charge in [-0.15, -0.1) is 0 Å². The predicted molar refractivity (Wildman–Crippen MR) is 91.2 cm³/mol. The van der Waals surface area contributed by atoms with Gasteiger partial charge in [0.05, 0.1) is 6.61 Å². The molecule has 1 aliphatic heterocycles. The van der Waals surface area contributed by atoms with Crippen molar-refractivity contribution in [3.05, 3.63) is 47.7 Å². The van der Waals surface area contributed by atoms with Crippen LogP contribution in [0.15, 0.2) is 35.1 Å². The molecule has 1 unspecified atom stereocenters. The number of nitrogens with one attached hydrogen (secondary N) is 1. The van der Waals surface area contributed by atoms with Crippen LogP contribution in [0.2, 0.25) is 0 Å². The molecule has 2 heterocycles. The van der Waals surface area contributed by atoms with Crippen LogP contribution < -0.4 is 5.32 Å². The Hall–Kier alpha value is -2.18. The second kappa shape index (κ2) is 7.37. The van der Waals surface area contributed by atoms with Crippen molar-refractivity contribution in [2.75, 3.05) is 18.5 Å². The van der Waals surface area contributed by atoms with Crippen LogP contribution in [0, 0.1) is 5.92 Å². The highest BCUT2D eigenvalue weighted by atomic mass is 16.5. The van der Waals surface area contributed by atoms with Gasteiger partial charge < -0.3 is 19.2 Å². The minimum absolute atomic E-state index is 0.176. The van der Waals surface area contributed by atoms with Crippen molar-refractivity contribution in [3.63, 3.8) is 0 Å². The van der Waals surface area contributed by atoms with E-state index in [0.717, 1.165) is 36.6 Å². The second-order valence-corrected chi connectivity index (χ2v) is 6.68. The average Bonchev–Trinajstić information content (AvgIpc) is 3.10. The molecule has 0 spiro atoms. The largest absolute Gasteiger partial charge is 0.445 e. The van der Waals surface area contributed by atoms with E-state index in [9.17, 15) is 4.79 Å². The van der Waals surface area contributed by atoms with Crippen LogP contribution in [0.3, 0.4) is 0 Å². The summed E-state index contributed by atoms with van der Waals surface area (Å²) in [7, 11) is 0. The van der Waals surface area contributed by atoms with E-state index in [0.29, 0.717) is 24.7 Å². The number of carbonyl (C=O) groups is 1. The number of carbonyl (C=O) groups excluding carboxylic acids is 1. The zero-order valence-electron chi connectivity index (χ0n) is 14.1. The first-order chi connectivity index (χ1) is 12.3. The van der Waals surface area contributed by atoms with Gasteiger partial charge in [0.15, 0.2) is 17.8 Å². The molecular weight excluding hydrogens is 320 g/mol. The molecule has 1 amide bonds. The number of aromatic nitrogens is 1. The lowest BCUT2D eigenvalue weighted by atomic mass is 10.1. The van der Waals surface area contributed by atoms with Crippen molar-refractivity contribution in [2.45, 2.75) is 38.4 Å². The number of hydrogen-bond donors (Lipinski definition) is 1. The summed E-state index contributed by atoms with van der Waals surface area (Å²) in [5, 5.41) is 2.89. The van der Waals surface area contributed by atoms with E-state index in [4.69, 9.17) is 13.9 Å². The second-order valence-electron chi connectivity index (χ2n) is 6.68. The number of ether oxygens (including phenoxy) is 2. The van der Waals surface area contributed by atoms with Crippen LogP contribution in [0.1, 0.15) is 53.6 Å². The molecule has 6 nitrogen and oxygen atoms in total. The van der Waals surface area contributed by atoms with Crippen molar-refractivity contribution in [3.8, 4) is 0 Å². The van der Waals surface area contributed by atoms with Gasteiger partial charge in [0, 0.05) is 18.9 Å². The molecule has 1 aromatic heterocycles. The Morgan fingerprint density at radius 3 is 3.04 bits per heavy atom. The average molecular weight is 342 g/mol. The number of nitrogens with zero attached hydrogens (tertiary/aromatic N) is 1. The monoisotopic (exact) mass is 342 g/mol. The Bertz CT molecular complexity index is 733. The van der Waals surface area contributed by atoms with Crippen molar-refractivity contribution in [2.24, 2.45) is 5.92 Å². The molecule has 1 atom stereocenters. The number of oxazole rings is 1. The Labute approximate surface area is 146 Å². The summed E-state index contributed by atoms with van der Waals surface area (Å²) in [6.45, 7) is 2.07. The number of amides is 1. The number of hydrogen-bond acceptors (Lipinski definition) is 5. The topological polar surface area (TPSA) is 73.6 Å². The highest BCUT2D eigenvalue weighted by molar-refractivity contribution is 6.03. The first kappa shape index (κ1) is 16.3. The Morgan fingerprint density at radius 1 is 1.32 bits per heavy atom. The first-order valence-corrected chi connectivity index (χ1v) is 8.82. The molecule has 1 aliphatic carbocycles. The van der Waals surface area contributed by atoms with Gasteiger partial charge in [-0.25, -0.2) is 4.98 Å². The van der Waals surface area contributed by atoms with Crippen LogP contribution in [-0.4, -0.2) is 24.1 Å². The van der Waals surface area contributed by atoms with Gasteiger partial charge in [0.1, 0.15) is 6.10 Å². The van der Waals surface area contributed by atoms with Crippen LogP contribution in [-0.2, 0) is 16.1 Å². The summed E-state index contributed by atoms with van der Waals surface area (Å²) >= 11 is 0. The maximum absolute atomic E-state index is 12.6. The fourth-order valence-corrected chi connectivity index (χ4v) is 3.00. The van der Waals surface area contributed by atoms with Gasteiger partial charge in [-0.3, -0.25) is 4.79 Å². The van der Waals surface area contributed by atoms with E-state index in [1.807, 2.05) is 24.3 Å².